The number of unbranched alkanes of at least 4 members (excludes halogenated alkanes) is 1. The van der Waals surface area contributed by atoms with Gasteiger partial charge in [-0.05, 0) is 74.2 Å². The summed E-state index contributed by atoms with van der Waals surface area (Å²) < 4.78 is 25.8. The van der Waals surface area contributed by atoms with Crippen LogP contribution in [0.4, 0.5) is 15.8 Å². The molecule has 8 nitrogen and oxygen atoms in total. The van der Waals surface area contributed by atoms with Crippen LogP contribution in [0.3, 0.4) is 0 Å². The Labute approximate surface area is 240 Å². The third kappa shape index (κ3) is 5.78. The monoisotopic (exact) mass is 572 g/mol. The quantitative estimate of drug-likeness (QED) is 0.228. The number of nitrogens with one attached hydrogen (secondary N) is 1. The molecule has 0 radical (unpaired) electrons. The molecule has 3 aromatic carbocycles. The Morgan fingerprint density at radius 3 is 2.80 bits per heavy atom. The molecule has 1 atom stereocenters. The Bertz CT molecular complexity index is 1640. The van der Waals surface area contributed by atoms with Gasteiger partial charge in [0.1, 0.15) is 10.8 Å². The number of ether oxygens (including phenoxy) is 2. The first-order chi connectivity index (χ1) is 20.0. The molecule has 0 unspecified atom stereocenters. The Kier molecular flexibility index (Phi) is 7.65. The fourth-order valence-corrected chi connectivity index (χ4v) is 6.13. The Morgan fingerprint density at radius 2 is 1.98 bits per heavy atom. The van der Waals surface area contributed by atoms with E-state index in [0.717, 1.165) is 40.2 Å². The van der Waals surface area contributed by atoms with Crippen molar-refractivity contribution in [3.63, 3.8) is 0 Å². The van der Waals surface area contributed by atoms with Crippen molar-refractivity contribution in [2.45, 2.75) is 38.1 Å². The topological polar surface area (TPSA) is 93.1 Å². The van der Waals surface area contributed by atoms with Crippen LogP contribution in [-0.4, -0.2) is 54.2 Å². The number of hydrogen-bond donors (Lipinski definition) is 1. The summed E-state index contributed by atoms with van der Waals surface area (Å²) in [5.41, 5.74) is 3.48. The molecule has 210 valence electrons. The average Bonchev–Trinajstić information content (AvgIpc) is 3.60. The maximum Gasteiger partial charge on any atom is 0.256 e. The van der Waals surface area contributed by atoms with E-state index >= 15 is 0 Å². The fourth-order valence-electron chi connectivity index (χ4n) is 5.13. The Balaban J connectivity index is 0.990. The number of halogens is 1. The number of rotatable bonds is 9. The highest BCUT2D eigenvalue weighted by Gasteiger charge is 2.32. The second kappa shape index (κ2) is 11.7. The zero-order chi connectivity index (χ0) is 28.3. The number of carbonyl (C=O) groups is 2. The summed E-state index contributed by atoms with van der Waals surface area (Å²) in [6.07, 6.45) is 5.43. The first-order valence-electron chi connectivity index (χ1n) is 13.6. The SMILES string of the molecule is COc1cc2c(cc1OCCCCC(=O)Nc1ccc(-c3nc4ccc(F)cc4s3)cc1)N=C[C@@H]1CCCN1C2=O. The largest absolute Gasteiger partial charge is 0.493 e. The van der Waals surface area contributed by atoms with Crippen molar-refractivity contribution in [3.8, 4) is 22.1 Å². The number of methoxy groups -OCH3 is 1. The van der Waals surface area contributed by atoms with E-state index in [9.17, 15) is 14.0 Å². The van der Waals surface area contributed by atoms with Crippen molar-refractivity contribution in [1.29, 1.82) is 0 Å². The second-order valence-electron chi connectivity index (χ2n) is 10.1. The highest BCUT2D eigenvalue weighted by atomic mass is 32.1. The molecular formula is C31H29FN4O4S. The zero-order valence-corrected chi connectivity index (χ0v) is 23.4. The summed E-state index contributed by atoms with van der Waals surface area (Å²) >= 11 is 1.43. The lowest BCUT2D eigenvalue weighted by Gasteiger charge is -2.20. The van der Waals surface area contributed by atoms with Gasteiger partial charge in [0.15, 0.2) is 11.5 Å². The van der Waals surface area contributed by atoms with Gasteiger partial charge in [0.05, 0.1) is 41.2 Å². The van der Waals surface area contributed by atoms with Crippen LogP contribution in [0.1, 0.15) is 42.5 Å². The highest BCUT2D eigenvalue weighted by molar-refractivity contribution is 7.21. The molecule has 2 amide bonds. The van der Waals surface area contributed by atoms with E-state index in [-0.39, 0.29) is 23.7 Å². The molecule has 0 bridgehead atoms. The van der Waals surface area contributed by atoms with Gasteiger partial charge in [0.2, 0.25) is 5.91 Å². The first kappa shape index (κ1) is 26.9. The maximum atomic E-state index is 13.5. The molecular weight excluding hydrogens is 543 g/mol. The maximum absolute atomic E-state index is 13.5. The molecule has 0 saturated carbocycles. The Hall–Kier alpha value is -4.31. The van der Waals surface area contributed by atoms with E-state index < -0.39 is 0 Å². The van der Waals surface area contributed by atoms with E-state index in [0.29, 0.717) is 54.3 Å². The van der Waals surface area contributed by atoms with Gasteiger partial charge in [0, 0.05) is 36.5 Å². The van der Waals surface area contributed by atoms with E-state index in [2.05, 4.69) is 15.3 Å². The van der Waals surface area contributed by atoms with Crippen LogP contribution in [0, 0.1) is 5.82 Å². The van der Waals surface area contributed by atoms with Gasteiger partial charge in [-0.1, -0.05) is 0 Å². The van der Waals surface area contributed by atoms with Crippen LogP contribution < -0.4 is 14.8 Å². The summed E-state index contributed by atoms with van der Waals surface area (Å²) in [5, 5.41) is 3.72. The number of aromatic nitrogens is 1. The predicted octanol–water partition coefficient (Wildman–Crippen LogP) is 6.62. The lowest BCUT2D eigenvalue weighted by atomic mass is 10.1. The average molecular weight is 573 g/mol. The molecule has 1 fully saturated rings. The molecule has 0 spiro atoms. The molecule has 2 aliphatic heterocycles. The van der Waals surface area contributed by atoms with Crippen molar-refractivity contribution in [3.05, 3.63) is 66.0 Å². The number of carbonyl (C=O) groups excluding carboxylic acids is 2. The van der Waals surface area contributed by atoms with Crippen molar-refractivity contribution in [2.24, 2.45) is 4.99 Å². The number of benzene rings is 3. The van der Waals surface area contributed by atoms with Crippen LogP contribution in [0.5, 0.6) is 11.5 Å². The normalized spacial score (nSPS) is 15.9. The molecule has 4 aromatic rings. The van der Waals surface area contributed by atoms with Gasteiger partial charge in [-0.15, -0.1) is 11.3 Å². The molecule has 6 rings (SSSR count). The van der Waals surface area contributed by atoms with Gasteiger partial charge in [-0.2, -0.15) is 0 Å². The van der Waals surface area contributed by atoms with E-state index in [4.69, 9.17) is 9.47 Å². The van der Waals surface area contributed by atoms with E-state index in [1.54, 1.807) is 25.3 Å². The van der Waals surface area contributed by atoms with Crippen LogP contribution in [0.25, 0.3) is 20.8 Å². The highest BCUT2D eigenvalue weighted by Crippen LogP contribution is 2.38. The van der Waals surface area contributed by atoms with E-state index in [1.165, 1.54) is 23.5 Å². The van der Waals surface area contributed by atoms with Crippen molar-refractivity contribution >= 4 is 51.0 Å². The van der Waals surface area contributed by atoms with Gasteiger partial charge in [-0.3, -0.25) is 14.6 Å². The van der Waals surface area contributed by atoms with Crippen molar-refractivity contribution in [2.75, 3.05) is 25.6 Å². The van der Waals surface area contributed by atoms with Gasteiger partial charge >= 0.3 is 0 Å². The van der Waals surface area contributed by atoms with Crippen LogP contribution in [0.2, 0.25) is 0 Å². The standard InChI is InChI=1S/C31H29FN4O4S/c1-39-26-16-23-25(33-18-22-5-4-13-36(22)31(23)38)17-27(26)40-14-3-2-6-29(37)34-21-10-7-19(8-11-21)30-35-24-12-9-20(32)15-28(24)41-30/h7-12,15-18,22H,2-6,13-14H2,1H3,(H,34,37)/t22-/m0/s1. The van der Waals surface area contributed by atoms with Gasteiger partial charge in [-0.25, -0.2) is 9.37 Å². The number of nitrogens with zero attached hydrogens (tertiary/aromatic N) is 3. The zero-order valence-electron chi connectivity index (χ0n) is 22.6. The van der Waals surface area contributed by atoms with Crippen molar-refractivity contribution in [1.82, 2.24) is 9.88 Å². The molecule has 1 saturated heterocycles. The molecule has 10 heteroatoms. The predicted molar refractivity (Wildman–Crippen MR) is 158 cm³/mol. The number of aliphatic imine (C=N–C) groups is 1. The summed E-state index contributed by atoms with van der Waals surface area (Å²) in [7, 11) is 1.55. The Morgan fingerprint density at radius 1 is 1.12 bits per heavy atom. The second-order valence-corrected chi connectivity index (χ2v) is 11.1. The molecule has 41 heavy (non-hydrogen) atoms. The smallest absolute Gasteiger partial charge is 0.256 e. The lowest BCUT2D eigenvalue weighted by Crippen LogP contribution is -2.35. The molecule has 2 aliphatic rings. The number of amides is 2. The third-order valence-corrected chi connectivity index (χ3v) is 8.35. The van der Waals surface area contributed by atoms with Gasteiger partial charge in [0.25, 0.3) is 5.91 Å². The van der Waals surface area contributed by atoms with Crippen LogP contribution in [-0.2, 0) is 4.79 Å². The third-order valence-electron chi connectivity index (χ3n) is 7.28. The summed E-state index contributed by atoms with van der Waals surface area (Å²) in [5.74, 6) is 0.632. The minimum atomic E-state index is -0.279. The molecule has 0 aliphatic carbocycles. The van der Waals surface area contributed by atoms with E-state index in [1.807, 2.05) is 35.4 Å². The van der Waals surface area contributed by atoms with Gasteiger partial charge < -0.3 is 19.7 Å². The minimum Gasteiger partial charge on any atom is -0.493 e. The number of anilines is 1. The summed E-state index contributed by atoms with van der Waals surface area (Å²) in [6.45, 7) is 1.14. The fraction of sp³-hybridized carbons (Fsp3) is 0.290. The first-order valence-corrected chi connectivity index (χ1v) is 14.5. The number of hydrogen-bond acceptors (Lipinski definition) is 7. The van der Waals surface area contributed by atoms with Crippen LogP contribution in [0.15, 0.2) is 59.6 Å². The molecule has 3 heterocycles. The lowest BCUT2D eigenvalue weighted by molar-refractivity contribution is -0.116. The molecule has 1 aromatic heterocycles. The number of fused-ring (bicyclic) bond motifs is 3. The van der Waals surface area contributed by atoms with Crippen molar-refractivity contribution < 1.29 is 23.5 Å². The summed E-state index contributed by atoms with van der Waals surface area (Å²) in [6, 6.07) is 15.5. The minimum absolute atomic E-state index is 0.0288. The van der Waals surface area contributed by atoms with Crippen LogP contribution >= 0.6 is 11.3 Å². The number of thiazole rings is 1. The molecule has 1 N–H and O–H groups in total. The summed E-state index contributed by atoms with van der Waals surface area (Å²) in [4.78, 5) is 36.5.